The Kier molecular flexibility index (Phi) is 4.44. The topological polar surface area (TPSA) is 37.3 Å². The standard InChI is InChI=1S/C14H17FO2/c1-14(2,13(16)17)10-6-5-8-11-7-3-4-9-12(11)15/h3-5,7-9H,6,10H2,1-2H3,(H,16,17)/b8-5+. The average molecular weight is 236 g/mol. The summed E-state index contributed by atoms with van der Waals surface area (Å²) in [6.07, 6.45) is 4.65. The fourth-order valence-electron chi connectivity index (χ4n) is 1.37. The number of halogens is 1. The van der Waals surface area contributed by atoms with Gasteiger partial charge in [0.05, 0.1) is 5.41 Å². The van der Waals surface area contributed by atoms with Crippen molar-refractivity contribution in [3.05, 3.63) is 41.7 Å². The summed E-state index contributed by atoms with van der Waals surface area (Å²) in [7, 11) is 0. The van der Waals surface area contributed by atoms with Crippen molar-refractivity contribution < 1.29 is 14.3 Å². The molecule has 1 aromatic rings. The summed E-state index contributed by atoms with van der Waals surface area (Å²) < 4.78 is 13.2. The van der Waals surface area contributed by atoms with Gasteiger partial charge in [-0.2, -0.15) is 0 Å². The number of carboxylic acids is 1. The molecule has 0 radical (unpaired) electrons. The van der Waals surface area contributed by atoms with Crippen LogP contribution in [0, 0.1) is 11.2 Å². The van der Waals surface area contributed by atoms with Gasteiger partial charge in [-0.25, -0.2) is 4.39 Å². The van der Waals surface area contributed by atoms with E-state index in [9.17, 15) is 9.18 Å². The lowest BCUT2D eigenvalue weighted by Crippen LogP contribution is -2.22. The Bertz CT molecular complexity index is 422. The summed E-state index contributed by atoms with van der Waals surface area (Å²) in [4.78, 5) is 10.9. The van der Waals surface area contributed by atoms with E-state index in [1.165, 1.54) is 6.07 Å². The first-order chi connectivity index (χ1) is 7.93. The van der Waals surface area contributed by atoms with E-state index < -0.39 is 11.4 Å². The predicted molar refractivity (Wildman–Crippen MR) is 66.1 cm³/mol. The predicted octanol–water partition coefficient (Wildman–Crippen LogP) is 3.73. The number of hydrogen-bond donors (Lipinski definition) is 1. The van der Waals surface area contributed by atoms with Crippen LogP contribution in [0.3, 0.4) is 0 Å². The number of hydrogen-bond acceptors (Lipinski definition) is 1. The summed E-state index contributed by atoms with van der Waals surface area (Å²) in [6.45, 7) is 3.37. The molecule has 0 aromatic heterocycles. The van der Waals surface area contributed by atoms with Gasteiger partial charge < -0.3 is 5.11 Å². The quantitative estimate of drug-likeness (QED) is 0.845. The first-order valence-electron chi connectivity index (χ1n) is 5.58. The first-order valence-corrected chi connectivity index (χ1v) is 5.58. The van der Waals surface area contributed by atoms with Crippen LogP contribution >= 0.6 is 0 Å². The maximum Gasteiger partial charge on any atom is 0.309 e. The molecule has 0 fully saturated rings. The average Bonchev–Trinajstić information content (AvgIpc) is 2.26. The number of carbonyl (C=O) groups is 1. The van der Waals surface area contributed by atoms with Crippen LogP contribution in [-0.4, -0.2) is 11.1 Å². The minimum absolute atomic E-state index is 0.263. The summed E-state index contributed by atoms with van der Waals surface area (Å²) in [5, 5.41) is 8.92. The fourth-order valence-corrected chi connectivity index (χ4v) is 1.37. The molecular weight excluding hydrogens is 219 g/mol. The smallest absolute Gasteiger partial charge is 0.309 e. The lowest BCUT2D eigenvalue weighted by molar-refractivity contribution is -0.147. The van der Waals surface area contributed by atoms with Crippen LogP contribution in [0.15, 0.2) is 30.3 Å². The molecule has 0 amide bonds. The van der Waals surface area contributed by atoms with Crippen molar-refractivity contribution in [1.82, 2.24) is 0 Å². The molecular formula is C14H17FO2. The Morgan fingerprint density at radius 3 is 2.65 bits per heavy atom. The second-order valence-corrected chi connectivity index (χ2v) is 4.65. The Balaban J connectivity index is 2.52. The summed E-state index contributed by atoms with van der Waals surface area (Å²) in [5.74, 6) is -1.07. The zero-order chi connectivity index (χ0) is 12.9. The van der Waals surface area contributed by atoms with E-state index >= 15 is 0 Å². The maximum atomic E-state index is 13.2. The molecule has 92 valence electrons. The monoisotopic (exact) mass is 236 g/mol. The van der Waals surface area contributed by atoms with Crippen LogP contribution in [0.2, 0.25) is 0 Å². The third kappa shape index (κ3) is 4.02. The molecule has 1 N–H and O–H groups in total. The lowest BCUT2D eigenvalue weighted by Gasteiger charge is -2.17. The van der Waals surface area contributed by atoms with Gasteiger partial charge in [-0.15, -0.1) is 0 Å². The molecule has 0 heterocycles. The van der Waals surface area contributed by atoms with Gasteiger partial charge in [0.1, 0.15) is 5.82 Å². The minimum atomic E-state index is -0.809. The highest BCUT2D eigenvalue weighted by Crippen LogP contribution is 2.23. The molecule has 0 unspecified atom stereocenters. The molecule has 1 rings (SSSR count). The van der Waals surface area contributed by atoms with Gasteiger partial charge in [0.2, 0.25) is 0 Å². The van der Waals surface area contributed by atoms with Crippen LogP contribution in [0.4, 0.5) is 4.39 Å². The van der Waals surface area contributed by atoms with Gasteiger partial charge in [-0.1, -0.05) is 30.4 Å². The zero-order valence-electron chi connectivity index (χ0n) is 10.1. The zero-order valence-corrected chi connectivity index (χ0v) is 10.1. The molecule has 0 aliphatic heterocycles. The number of rotatable bonds is 5. The molecule has 0 bridgehead atoms. The summed E-state index contributed by atoms with van der Waals surface area (Å²) in [5.41, 5.74) is -0.208. The highest BCUT2D eigenvalue weighted by molar-refractivity contribution is 5.73. The minimum Gasteiger partial charge on any atom is -0.481 e. The van der Waals surface area contributed by atoms with Crippen molar-refractivity contribution in [2.45, 2.75) is 26.7 Å². The molecule has 1 aromatic carbocycles. The number of allylic oxidation sites excluding steroid dienone is 1. The van der Waals surface area contributed by atoms with E-state index in [1.807, 2.05) is 6.08 Å². The molecule has 3 heteroatoms. The van der Waals surface area contributed by atoms with Crippen molar-refractivity contribution in [3.8, 4) is 0 Å². The van der Waals surface area contributed by atoms with Gasteiger partial charge in [0.15, 0.2) is 0 Å². The van der Waals surface area contributed by atoms with Crippen molar-refractivity contribution in [2.75, 3.05) is 0 Å². The SMILES string of the molecule is CC(C)(CC/C=C/c1ccccc1F)C(=O)O. The largest absolute Gasteiger partial charge is 0.481 e. The van der Waals surface area contributed by atoms with Crippen molar-refractivity contribution >= 4 is 12.0 Å². The van der Waals surface area contributed by atoms with Gasteiger partial charge in [0, 0.05) is 5.56 Å². The van der Waals surface area contributed by atoms with Gasteiger partial charge in [-0.3, -0.25) is 4.79 Å². The van der Waals surface area contributed by atoms with E-state index in [0.29, 0.717) is 18.4 Å². The first kappa shape index (κ1) is 13.4. The van der Waals surface area contributed by atoms with Crippen LogP contribution in [0.25, 0.3) is 6.08 Å². The Labute approximate surface area is 101 Å². The van der Waals surface area contributed by atoms with E-state index in [1.54, 1.807) is 38.1 Å². The van der Waals surface area contributed by atoms with Crippen molar-refractivity contribution in [3.63, 3.8) is 0 Å². The van der Waals surface area contributed by atoms with Crippen LogP contribution in [0.5, 0.6) is 0 Å². The molecule has 0 aliphatic rings. The molecule has 0 spiro atoms. The van der Waals surface area contributed by atoms with Crippen LogP contribution in [0.1, 0.15) is 32.3 Å². The van der Waals surface area contributed by atoms with Crippen molar-refractivity contribution in [2.24, 2.45) is 5.41 Å². The second-order valence-electron chi connectivity index (χ2n) is 4.65. The van der Waals surface area contributed by atoms with Gasteiger partial charge >= 0.3 is 5.97 Å². The second kappa shape index (κ2) is 5.62. The Morgan fingerprint density at radius 1 is 1.41 bits per heavy atom. The van der Waals surface area contributed by atoms with Gasteiger partial charge in [0.25, 0.3) is 0 Å². The lowest BCUT2D eigenvalue weighted by atomic mass is 9.88. The van der Waals surface area contributed by atoms with Crippen LogP contribution < -0.4 is 0 Å². The molecule has 2 nitrogen and oxygen atoms in total. The van der Waals surface area contributed by atoms with Crippen LogP contribution in [-0.2, 0) is 4.79 Å². The van der Waals surface area contributed by atoms with E-state index in [-0.39, 0.29) is 5.82 Å². The number of aliphatic carboxylic acids is 1. The Morgan fingerprint density at radius 2 is 2.06 bits per heavy atom. The van der Waals surface area contributed by atoms with E-state index in [2.05, 4.69) is 0 Å². The molecule has 0 atom stereocenters. The maximum absolute atomic E-state index is 13.2. The van der Waals surface area contributed by atoms with Gasteiger partial charge in [-0.05, 0) is 32.8 Å². The summed E-state index contributed by atoms with van der Waals surface area (Å²) >= 11 is 0. The Hall–Kier alpha value is -1.64. The normalized spacial score (nSPS) is 11.9. The highest BCUT2D eigenvalue weighted by atomic mass is 19.1. The molecule has 0 saturated carbocycles. The molecule has 0 aliphatic carbocycles. The third-order valence-electron chi connectivity index (χ3n) is 2.72. The number of carboxylic acid groups (broad SMARTS) is 1. The highest BCUT2D eigenvalue weighted by Gasteiger charge is 2.25. The molecule has 17 heavy (non-hydrogen) atoms. The van der Waals surface area contributed by atoms with E-state index in [0.717, 1.165) is 0 Å². The fraction of sp³-hybridized carbons (Fsp3) is 0.357. The van der Waals surface area contributed by atoms with E-state index in [4.69, 9.17) is 5.11 Å². The third-order valence-corrected chi connectivity index (χ3v) is 2.72. The molecule has 0 saturated heterocycles. The summed E-state index contributed by atoms with van der Waals surface area (Å²) in [6, 6.07) is 6.50. The van der Waals surface area contributed by atoms with Crippen molar-refractivity contribution in [1.29, 1.82) is 0 Å². The number of benzene rings is 1.